The van der Waals surface area contributed by atoms with Crippen LogP contribution in [0.15, 0.2) is 18.2 Å². The number of nitrogens with one attached hydrogen (secondary N) is 1. The molecule has 2 atom stereocenters. The van der Waals surface area contributed by atoms with Gasteiger partial charge < -0.3 is 10.4 Å². The van der Waals surface area contributed by atoms with E-state index in [1.165, 1.54) is 0 Å². The van der Waals surface area contributed by atoms with Crippen molar-refractivity contribution in [2.24, 2.45) is 5.41 Å². The SMILES string of the molecule is CC(NCC(O)CC(C)(C)C)c1ccc(Cl)cc1Cl. The van der Waals surface area contributed by atoms with E-state index in [-0.39, 0.29) is 17.6 Å². The zero-order chi connectivity index (χ0) is 14.6. The van der Waals surface area contributed by atoms with Crippen LogP contribution in [0.4, 0.5) is 0 Å². The van der Waals surface area contributed by atoms with Gasteiger partial charge in [-0.1, -0.05) is 50.0 Å². The van der Waals surface area contributed by atoms with Gasteiger partial charge in [0.15, 0.2) is 0 Å². The summed E-state index contributed by atoms with van der Waals surface area (Å²) in [6.07, 6.45) is 0.412. The maximum Gasteiger partial charge on any atom is 0.0669 e. The molecule has 0 aromatic heterocycles. The van der Waals surface area contributed by atoms with Crippen molar-refractivity contribution in [3.8, 4) is 0 Å². The van der Waals surface area contributed by atoms with E-state index < -0.39 is 0 Å². The van der Waals surface area contributed by atoms with Crippen LogP contribution < -0.4 is 5.32 Å². The number of hydrogen-bond acceptors (Lipinski definition) is 2. The summed E-state index contributed by atoms with van der Waals surface area (Å²) < 4.78 is 0. The van der Waals surface area contributed by atoms with Gasteiger partial charge in [0.05, 0.1) is 6.10 Å². The van der Waals surface area contributed by atoms with E-state index in [0.29, 0.717) is 16.6 Å². The lowest BCUT2D eigenvalue weighted by Gasteiger charge is -2.24. The molecule has 0 aliphatic heterocycles. The molecular formula is C15H23Cl2NO. The average molecular weight is 304 g/mol. The lowest BCUT2D eigenvalue weighted by atomic mass is 9.89. The summed E-state index contributed by atoms with van der Waals surface area (Å²) in [7, 11) is 0. The molecule has 1 aromatic carbocycles. The minimum Gasteiger partial charge on any atom is -0.392 e. The van der Waals surface area contributed by atoms with Crippen molar-refractivity contribution in [3.05, 3.63) is 33.8 Å². The molecule has 1 rings (SSSR count). The van der Waals surface area contributed by atoms with Gasteiger partial charge >= 0.3 is 0 Å². The van der Waals surface area contributed by atoms with Crippen LogP contribution in [-0.4, -0.2) is 17.8 Å². The summed E-state index contributed by atoms with van der Waals surface area (Å²) >= 11 is 12.0. The molecule has 4 heteroatoms. The van der Waals surface area contributed by atoms with Gasteiger partial charge in [-0.05, 0) is 36.5 Å². The Morgan fingerprint density at radius 2 is 1.89 bits per heavy atom. The van der Waals surface area contributed by atoms with Gasteiger partial charge in [0.1, 0.15) is 0 Å². The van der Waals surface area contributed by atoms with Crippen LogP contribution in [0.3, 0.4) is 0 Å². The van der Waals surface area contributed by atoms with Crippen LogP contribution in [0.2, 0.25) is 10.0 Å². The number of hydrogen-bond donors (Lipinski definition) is 2. The topological polar surface area (TPSA) is 32.3 Å². The molecule has 0 saturated carbocycles. The Kier molecular flexibility index (Phi) is 6.13. The van der Waals surface area contributed by atoms with Crippen LogP contribution in [0.5, 0.6) is 0 Å². The molecule has 0 fully saturated rings. The fraction of sp³-hybridized carbons (Fsp3) is 0.600. The number of aliphatic hydroxyl groups is 1. The minimum atomic E-state index is -0.353. The van der Waals surface area contributed by atoms with Gasteiger partial charge in [-0.25, -0.2) is 0 Å². The minimum absolute atomic E-state index is 0.0828. The molecule has 1 aromatic rings. The molecular weight excluding hydrogens is 281 g/mol. The Hall–Kier alpha value is -0.280. The van der Waals surface area contributed by atoms with Gasteiger partial charge in [0.25, 0.3) is 0 Å². The summed E-state index contributed by atoms with van der Waals surface area (Å²) in [5.74, 6) is 0. The number of halogens is 2. The van der Waals surface area contributed by atoms with Crippen molar-refractivity contribution < 1.29 is 5.11 Å². The highest BCUT2D eigenvalue weighted by Gasteiger charge is 2.18. The monoisotopic (exact) mass is 303 g/mol. The first-order valence-corrected chi connectivity index (χ1v) is 7.31. The van der Waals surface area contributed by atoms with E-state index >= 15 is 0 Å². The molecule has 0 aliphatic carbocycles. The Balaban J connectivity index is 2.53. The fourth-order valence-electron chi connectivity index (χ4n) is 2.05. The fourth-order valence-corrected chi connectivity index (χ4v) is 2.63. The Labute approximate surface area is 126 Å². The highest BCUT2D eigenvalue weighted by Crippen LogP contribution is 2.26. The Morgan fingerprint density at radius 1 is 1.26 bits per heavy atom. The summed E-state index contributed by atoms with van der Waals surface area (Å²) in [5, 5.41) is 14.6. The van der Waals surface area contributed by atoms with Crippen molar-refractivity contribution in [1.82, 2.24) is 5.32 Å². The zero-order valence-corrected chi connectivity index (χ0v) is 13.5. The Morgan fingerprint density at radius 3 is 2.42 bits per heavy atom. The third-order valence-electron chi connectivity index (χ3n) is 2.94. The third-order valence-corrected chi connectivity index (χ3v) is 3.50. The molecule has 0 radical (unpaired) electrons. The highest BCUT2D eigenvalue weighted by molar-refractivity contribution is 6.35. The smallest absolute Gasteiger partial charge is 0.0669 e. The van der Waals surface area contributed by atoms with Crippen molar-refractivity contribution in [1.29, 1.82) is 0 Å². The second-order valence-corrected chi connectivity index (χ2v) is 7.06. The first kappa shape index (κ1) is 16.8. The maximum atomic E-state index is 9.98. The van der Waals surface area contributed by atoms with Crippen molar-refractivity contribution in [3.63, 3.8) is 0 Å². The average Bonchev–Trinajstić information content (AvgIpc) is 2.23. The normalized spacial score (nSPS) is 15.3. The molecule has 2 unspecified atom stereocenters. The van der Waals surface area contributed by atoms with E-state index in [1.807, 2.05) is 19.1 Å². The van der Waals surface area contributed by atoms with E-state index in [4.69, 9.17) is 23.2 Å². The van der Waals surface area contributed by atoms with Crippen molar-refractivity contribution in [2.45, 2.75) is 46.3 Å². The molecule has 0 amide bonds. The summed E-state index contributed by atoms with van der Waals surface area (Å²) in [6.45, 7) is 8.94. The van der Waals surface area contributed by atoms with Crippen LogP contribution in [0.25, 0.3) is 0 Å². The lowest BCUT2D eigenvalue weighted by molar-refractivity contribution is 0.117. The first-order valence-electron chi connectivity index (χ1n) is 6.55. The van der Waals surface area contributed by atoms with E-state index in [2.05, 4.69) is 26.1 Å². The molecule has 0 bridgehead atoms. The second kappa shape index (κ2) is 6.94. The molecule has 2 N–H and O–H groups in total. The second-order valence-electron chi connectivity index (χ2n) is 6.21. The summed E-state index contributed by atoms with van der Waals surface area (Å²) in [4.78, 5) is 0. The van der Waals surface area contributed by atoms with Crippen LogP contribution in [-0.2, 0) is 0 Å². The van der Waals surface area contributed by atoms with Crippen molar-refractivity contribution >= 4 is 23.2 Å². The van der Waals surface area contributed by atoms with Gasteiger partial charge in [0, 0.05) is 22.6 Å². The molecule has 0 saturated heterocycles. The van der Waals surface area contributed by atoms with E-state index in [1.54, 1.807) is 6.07 Å². The van der Waals surface area contributed by atoms with Gasteiger partial charge in [0.2, 0.25) is 0 Å². The molecule has 108 valence electrons. The van der Waals surface area contributed by atoms with Crippen LogP contribution in [0, 0.1) is 5.41 Å². The van der Waals surface area contributed by atoms with Gasteiger partial charge in [-0.2, -0.15) is 0 Å². The molecule has 0 aliphatic rings. The largest absolute Gasteiger partial charge is 0.392 e. The summed E-state index contributed by atoms with van der Waals surface area (Å²) in [5.41, 5.74) is 1.12. The number of rotatable bonds is 5. The first-order chi connectivity index (χ1) is 8.69. The quantitative estimate of drug-likeness (QED) is 0.843. The predicted octanol–water partition coefficient (Wildman–Crippen LogP) is 4.44. The number of benzene rings is 1. The van der Waals surface area contributed by atoms with E-state index in [0.717, 1.165) is 12.0 Å². The van der Waals surface area contributed by atoms with Crippen LogP contribution in [0.1, 0.15) is 45.7 Å². The zero-order valence-electron chi connectivity index (χ0n) is 12.0. The predicted molar refractivity (Wildman–Crippen MR) is 83.0 cm³/mol. The van der Waals surface area contributed by atoms with Gasteiger partial charge in [-0.3, -0.25) is 0 Å². The molecule has 0 spiro atoms. The lowest BCUT2D eigenvalue weighted by Crippen LogP contribution is -2.31. The summed E-state index contributed by atoms with van der Waals surface area (Å²) in [6, 6.07) is 5.56. The molecule has 19 heavy (non-hydrogen) atoms. The molecule has 2 nitrogen and oxygen atoms in total. The van der Waals surface area contributed by atoms with Crippen molar-refractivity contribution in [2.75, 3.05) is 6.54 Å². The Bertz CT molecular complexity index is 415. The highest BCUT2D eigenvalue weighted by atomic mass is 35.5. The standard InChI is InChI=1S/C15H23Cl2NO/c1-10(13-6-5-11(16)7-14(13)17)18-9-12(19)8-15(2,3)4/h5-7,10,12,18-19H,8-9H2,1-4H3. The third kappa shape index (κ3) is 6.13. The molecule has 0 heterocycles. The maximum absolute atomic E-state index is 9.98. The number of aliphatic hydroxyl groups excluding tert-OH is 1. The van der Waals surface area contributed by atoms with E-state index in [9.17, 15) is 5.11 Å². The van der Waals surface area contributed by atoms with Gasteiger partial charge in [-0.15, -0.1) is 0 Å². The van der Waals surface area contributed by atoms with Crippen LogP contribution >= 0.6 is 23.2 Å².